The fourth-order valence-electron chi connectivity index (χ4n) is 3.50. The lowest BCUT2D eigenvalue weighted by atomic mass is 10.2. The molecule has 0 saturated heterocycles. The highest BCUT2D eigenvalue weighted by atomic mass is 35.5. The van der Waals surface area contributed by atoms with Gasteiger partial charge in [0.25, 0.3) is 0 Å². The van der Waals surface area contributed by atoms with Crippen molar-refractivity contribution in [1.82, 2.24) is 14.8 Å². The van der Waals surface area contributed by atoms with Crippen molar-refractivity contribution in [2.45, 2.75) is 38.8 Å². The van der Waals surface area contributed by atoms with Gasteiger partial charge in [-0.25, -0.2) is 18.0 Å². The minimum absolute atomic E-state index is 0.0150. The lowest BCUT2D eigenvalue weighted by Crippen LogP contribution is -2.35. The summed E-state index contributed by atoms with van der Waals surface area (Å²) in [6.07, 6.45) is 3.83. The van der Waals surface area contributed by atoms with Gasteiger partial charge in [0.2, 0.25) is 0 Å². The number of halogens is 4. The van der Waals surface area contributed by atoms with Crippen molar-refractivity contribution in [3.63, 3.8) is 0 Å². The number of carbonyl (C=O) groups is 1. The molecule has 10 heteroatoms. The maximum atomic E-state index is 13.9. The number of anilines is 2. The third kappa shape index (κ3) is 4.66. The number of aryl methyl sites for hydroxylation is 1. The SMILES string of the molecule is O=C(Nc1ccc(F)c(Cl)c1)N(Cc1nnc2n1CCCCC2)c1ccc(F)c(F)c1. The molecule has 31 heavy (non-hydrogen) atoms. The van der Waals surface area contributed by atoms with Crippen LogP contribution >= 0.6 is 11.6 Å². The number of nitrogens with one attached hydrogen (secondary N) is 1. The third-order valence-electron chi connectivity index (χ3n) is 5.12. The molecule has 1 N–H and O–H groups in total. The molecule has 0 spiro atoms. The van der Waals surface area contributed by atoms with E-state index in [-0.39, 0.29) is 22.9 Å². The largest absolute Gasteiger partial charge is 0.326 e. The van der Waals surface area contributed by atoms with Gasteiger partial charge in [-0.3, -0.25) is 4.90 Å². The van der Waals surface area contributed by atoms with Crippen LogP contribution in [0, 0.1) is 17.5 Å². The summed E-state index contributed by atoms with van der Waals surface area (Å²) in [7, 11) is 0. The van der Waals surface area contributed by atoms with Crippen LogP contribution in [-0.2, 0) is 19.5 Å². The second-order valence-electron chi connectivity index (χ2n) is 7.24. The summed E-state index contributed by atoms with van der Waals surface area (Å²) in [5, 5.41) is 10.9. The topological polar surface area (TPSA) is 63.1 Å². The zero-order valence-corrected chi connectivity index (χ0v) is 17.2. The Morgan fingerprint density at radius 3 is 2.61 bits per heavy atom. The molecule has 1 aliphatic rings. The summed E-state index contributed by atoms with van der Waals surface area (Å²) in [5.74, 6) is -1.35. The van der Waals surface area contributed by atoms with E-state index in [9.17, 15) is 18.0 Å². The molecule has 162 valence electrons. The molecule has 6 nitrogen and oxygen atoms in total. The number of carbonyl (C=O) groups excluding carboxylic acids is 1. The quantitative estimate of drug-likeness (QED) is 0.586. The Bertz CT molecular complexity index is 1120. The molecule has 1 aromatic heterocycles. The van der Waals surface area contributed by atoms with Gasteiger partial charge < -0.3 is 9.88 Å². The Morgan fingerprint density at radius 1 is 1.03 bits per heavy atom. The second kappa shape index (κ2) is 8.97. The first-order chi connectivity index (χ1) is 14.9. The van der Waals surface area contributed by atoms with Crippen LogP contribution in [0.3, 0.4) is 0 Å². The van der Waals surface area contributed by atoms with Gasteiger partial charge in [0.15, 0.2) is 17.5 Å². The lowest BCUT2D eigenvalue weighted by Gasteiger charge is -2.23. The van der Waals surface area contributed by atoms with E-state index in [1.807, 2.05) is 4.57 Å². The smallest absolute Gasteiger partial charge is 0.313 e. The number of rotatable bonds is 4. The monoisotopic (exact) mass is 449 g/mol. The average molecular weight is 450 g/mol. The number of hydrogen-bond donors (Lipinski definition) is 1. The fourth-order valence-corrected chi connectivity index (χ4v) is 3.68. The number of benzene rings is 2. The normalized spacial score (nSPS) is 13.4. The highest BCUT2D eigenvalue weighted by Gasteiger charge is 2.23. The summed E-state index contributed by atoms with van der Waals surface area (Å²) in [6, 6.07) is 6.29. The molecule has 4 rings (SSSR count). The predicted octanol–water partition coefficient (Wildman–Crippen LogP) is 5.31. The van der Waals surface area contributed by atoms with Crippen molar-refractivity contribution in [1.29, 1.82) is 0 Å². The van der Waals surface area contributed by atoms with Crippen LogP contribution in [0.2, 0.25) is 5.02 Å². The van der Waals surface area contributed by atoms with Crippen LogP contribution in [0.1, 0.15) is 30.9 Å². The molecule has 0 aliphatic carbocycles. The van der Waals surface area contributed by atoms with E-state index >= 15 is 0 Å². The Morgan fingerprint density at radius 2 is 1.84 bits per heavy atom. The van der Waals surface area contributed by atoms with E-state index in [1.165, 1.54) is 23.1 Å². The van der Waals surface area contributed by atoms with Crippen LogP contribution < -0.4 is 10.2 Å². The predicted molar refractivity (Wildman–Crippen MR) is 111 cm³/mol. The maximum Gasteiger partial charge on any atom is 0.326 e. The van der Waals surface area contributed by atoms with E-state index in [4.69, 9.17) is 11.6 Å². The first-order valence-electron chi connectivity index (χ1n) is 9.82. The van der Waals surface area contributed by atoms with Crippen LogP contribution in [0.4, 0.5) is 29.3 Å². The molecule has 2 amide bonds. The van der Waals surface area contributed by atoms with Crippen LogP contribution in [0.25, 0.3) is 0 Å². The van der Waals surface area contributed by atoms with Gasteiger partial charge in [0, 0.05) is 30.4 Å². The Balaban J connectivity index is 1.66. The summed E-state index contributed by atoms with van der Waals surface area (Å²) < 4.78 is 42.8. The number of amides is 2. The first-order valence-corrected chi connectivity index (χ1v) is 10.2. The van der Waals surface area contributed by atoms with Gasteiger partial charge in [-0.2, -0.15) is 0 Å². The molecule has 2 heterocycles. The number of fused-ring (bicyclic) bond motifs is 1. The number of urea groups is 1. The number of aromatic nitrogens is 3. The second-order valence-corrected chi connectivity index (χ2v) is 7.65. The lowest BCUT2D eigenvalue weighted by molar-refractivity contribution is 0.256. The van der Waals surface area contributed by atoms with Gasteiger partial charge in [0.1, 0.15) is 11.6 Å². The number of hydrogen-bond acceptors (Lipinski definition) is 3. The number of nitrogens with zero attached hydrogens (tertiary/aromatic N) is 4. The van der Waals surface area contributed by atoms with Crippen molar-refractivity contribution in [2.24, 2.45) is 0 Å². The van der Waals surface area contributed by atoms with Gasteiger partial charge >= 0.3 is 6.03 Å². The zero-order valence-electron chi connectivity index (χ0n) is 16.4. The molecule has 0 fully saturated rings. The van der Waals surface area contributed by atoms with Gasteiger partial charge in [0.05, 0.1) is 11.6 Å². The first kappa shape index (κ1) is 21.2. The average Bonchev–Trinajstić information content (AvgIpc) is 2.96. The Labute approximate surface area is 181 Å². The summed E-state index contributed by atoms with van der Waals surface area (Å²) >= 11 is 5.79. The van der Waals surface area contributed by atoms with Gasteiger partial charge in [-0.1, -0.05) is 18.0 Å². The summed E-state index contributed by atoms with van der Waals surface area (Å²) in [5.41, 5.74) is 0.389. The molecule has 0 bridgehead atoms. The molecule has 2 aromatic carbocycles. The molecular formula is C21H19ClF3N5O. The summed E-state index contributed by atoms with van der Waals surface area (Å²) in [4.78, 5) is 14.3. The zero-order chi connectivity index (χ0) is 22.0. The van der Waals surface area contributed by atoms with Crippen LogP contribution in [0.15, 0.2) is 36.4 Å². The van der Waals surface area contributed by atoms with Crippen LogP contribution in [0.5, 0.6) is 0 Å². The van der Waals surface area contributed by atoms with Crippen molar-refractivity contribution >= 4 is 29.0 Å². The Hall–Kier alpha value is -3.07. The highest BCUT2D eigenvalue weighted by molar-refractivity contribution is 6.31. The van der Waals surface area contributed by atoms with E-state index < -0.39 is 23.5 Å². The molecule has 3 aromatic rings. The minimum Gasteiger partial charge on any atom is -0.313 e. The molecule has 0 unspecified atom stereocenters. The third-order valence-corrected chi connectivity index (χ3v) is 5.41. The van der Waals surface area contributed by atoms with Crippen LogP contribution in [-0.4, -0.2) is 20.8 Å². The van der Waals surface area contributed by atoms with E-state index in [0.717, 1.165) is 56.3 Å². The van der Waals surface area contributed by atoms with Crippen molar-refractivity contribution < 1.29 is 18.0 Å². The minimum atomic E-state index is -1.08. The Kier molecular flexibility index (Phi) is 6.13. The molecular weight excluding hydrogens is 431 g/mol. The molecule has 0 saturated carbocycles. The molecule has 0 atom stereocenters. The fraction of sp³-hybridized carbons (Fsp3) is 0.286. The molecule has 0 radical (unpaired) electrons. The standard InChI is InChI=1S/C21H19ClF3N5O/c22-15-10-13(5-7-16(15)23)26-21(31)30(14-6-8-17(24)18(25)11-14)12-20-28-27-19-4-2-1-3-9-29(19)20/h5-8,10-11H,1-4,9,12H2,(H,26,31). The summed E-state index contributed by atoms with van der Waals surface area (Å²) in [6.45, 7) is 0.706. The van der Waals surface area contributed by atoms with Crippen molar-refractivity contribution in [3.05, 3.63) is 70.5 Å². The van der Waals surface area contributed by atoms with Crippen molar-refractivity contribution in [3.8, 4) is 0 Å². The van der Waals surface area contributed by atoms with Gasteiger partial charge in [-0.05, 0) is 43.2 Å². The maximum absolute atomic E-state index is 13.9. The van der Waals surface area contributed by atoms with Gasteiger partial charge in [-0.15, -0.1) is 10.2 Å². The van der Waals surface area contributed by atoms with Crippen molar-refractivity contribution in [2.75, 3.05) is 10.2 Å². The van der Waals surface area contributed by atoms with E-state index in [0.29, 0.717) is 5.82 Å². The molecule has 1 aliphatic heterocycles. The highest BCUT2D eigenvalue weighted by Crippen LogP contribution is 2.24. The van der Waals surface area contributed by atoms with E-state index in [1.54, 1.807) is 0 Å². The van der Waals surface area contributed by atoms with E-state index in [2.05, 4.69) is 15.5 Å².